The number of urea groups is 1. The Labute approximate surface area is 261 Å². The van der Waals surface area contributed by atoms with Gasteiger partial charge in [0.15, 0.2) is 0 Å². The van der Waals surface area contributed by atoms with Crippen LogP contribution in [0.5, 0.6) is 5.75 Å². The molecule has 0 aliphatic rings. The lowest BCUT2D eigenvalue weighted by molar-refractivity contribution is -0.124. The predicted octanol–water partition coefficient (Wildman–Crippen LogP) is 4.08. The third-order valence-electron chi connectivity index (χ3n) is 6.99. The fourth-order valence-electron chi connectivity index (χ4n) is 4.35. The smallest absolute Gasteiger partial charge is 0.352 e. The summed E-state index contributed by atoms with van der Waals surface area (Å²) in [4.78, 5) is 55.1. The summed E-state index contributed by atoms with van der Waals surface area (Å²) >= 11 is 0. The lowest BCUT2D eigenvalue weighted by atomic mass is 9.98. The first-order valence-electron chi connectivity index (χ1n) is 14.5. The molecule has 0 saturated heterocycles. The van der Waals surface area contributed by atoms with E-state index in [1.807, 2.05) is 80.6 Å². The van der Waals surface area contributed by atoms with Crippen LogP contribution in [0.1, 0.15) is 41.8 Å². The topological polar surface area (TPSA) is 151 Å². The van der Waals surface area contributed by atoms with Crippen molar-refractivity contribution in [2.24, 2.45) is 5.92 Å². The molecule has 4 aromatic rings. The first-order chi connectivity index (χ1) is 21.8. The SMILES string of the molecule is CCC(C)C(NC(=O)c1cccc(OCc2ccccc2)c1)C(=O)NNC(=O)NNC(=O)Cc1cccc(-c2ccccn2)c1. The molecule has 232 valence electrons. The summed E-state index contributed by atoms with van der Waals surface area (Å²) in [5.74, 6) is -1.30. The largest absolute Gasteiger partial charge is 0.489 e. The normalized spacial score (nSPS) is 11.8. The summed E-state index contributed by atoms with van der Waals surface area (Å²) in [5, 5.41) is 2.75. The monoisotopic (exact) mass is 608 g/mol. The van der Waals surface area contributed by atoms with E-state index in [2.05, 4.69) is 32.0 Å². The van der Waals surface area contributed by atoms with Crippen molar-refractivity contribution < 1.29 is 23.9 Å². The van der Waals surface area contributed by atoms with E-state index in [0.29, 0.717) is 24.3 Å². The van der Waals surface area contributed by atoms with Crippen LogP contribution in [0.2, 0.25) is 0 Å². The number of benzene rings is 3. The van der Waals surface area contributed by atoms with Crippen LogP contribution < -0.4 is 31.8 Å². The molecular weight excluding hydrogens is 572 g/mol. The summed E-state index contributed by atoms with van der Waals surface area (Å²) in [7, 11) is 0. The van der Waals surface area contributed by atoms with E-state index in [9.17, 15) is 19.2 Å². The van der Waals surface area contributed by atoms with Crippen molar-refractivity contribution in [2.45, 2.75) is 39.3 Å². The van der Waals surface area contributed by atoms with E-state index in [1.54, 1.807) is 36.5 Å². The highest BCUT2D eigenvalue weighted by Gasteiger charge is 2.27. The molecule has 0 bridgehead atoms. The van der Waals surface area contributed by atoms with Crippen molar-refractivity contribution >= 4 is 23.8 Å². The average molecular weight is 609 g/mol. The number of carbonyl (C=O) groups is 4. The van der Waals surface area contributed by atoms with E-state index in [1.165, 1.54) is 0 Å². The summed E-state index contributed by atoms with van der Waals surface area (Å²) in [6.45, 7) is 4.04. The van der Waals surface area contributed by atoms with E-state index < -0.39 is 29.8 Å². The maximum absolute atomic E-state index is 13.1. The number of ether oxygens (including phenoxy) is 1. The molecule has 2 atom stereocenters. The summed E-state index contributed by atoms with van der Waals surface area (Å²) in [6.07, 6.45) is 2.29. The summed E-state index contributed by atoms with van der Waals surface area (Å²) < 4.78 is 5.82. The number of nitrogens with one attached hydrogen (secondary N) is 5. The Bertz CT molecular complexity index is 1600. The van der Waals surface area contributed by atoms with E-state index in [0.717, 1.165) is 22.4 Å². The van der Waals surface area contributed by atoms with Gasteiger partial charge in [0, 0.05) is 17.3 Å². The third-order valence-corrected chi connectivity index (χ3v) is 6.99. The highest BCUT2D eigenvalue weighted by molar-refractivity contribution is 5.98. The maximum Gasteiger partial charge on any atom is 0.352 e. The van der Waals surface area contributed by atoms with Gasteiger partial charge in [0.1, 0.15) is 18.4 Å². The number of aromatic nitrogens is 1. The fraction of sp³-hybridized carbons (Fsp3) is 0.206. The van der Waals surface area contributed by atoms with Crippen LogP contribution in [0.15, 0.2) is 103 Å². The minimum Gasteiger partial charge on any atom is -0.489 e. The molecule has 45 heavy (non-hydrogen) atoms. The van der Waals surface area contributed by atoms with Gasteiger partial charge in [0.25, 0.3) is 11.8 Å². The van der Waals surface area contributed by atoms with Gasteiger partial charge < -0.3 is 10.1 Å². The molecule has 2 unspecified atom stereocenters. The molecule has 0 fully saturated rings. The number of pyridine rings is 1. The Morgan fingerprint density at radius 1 is 0.778 bits per heavy atom. The highest BCUT2D eigenvalue weighted by Crippen LogP contribution is 2.18. The Morgan fingerprint density at radius 2 is 1.51 bits per heavy atom. The summed E-state index contributed by atoms with van der Waals surface area (Å²) in [6, 6.07) is 27.4. The zero-order chi connectivity index (χ0) is 32.0. The number of amides is 5. The number of hydrogen-bond acceptors (Lipinski definition) is 6. The first-order valence-corrected chi connectivity index (χ1v) is 14.5. The zero-order valence-electron chi connectivity index (χ0n) is 25.1. The van der Waals surface area contributed by atoms with Gasteiger partial charge in [-0.1, -0.05) is 80.9 Å². The van der Waals surface area contributed by atoms with Crippen molar-refractivity contribution in [3.8, 4) is 17.0 Å². The Balaban J connectivity index is 1.25. The molecular formula is C34H36N6O5. The second-order valence-corrected chi connectivity index (χ2v) is 10.3. The number of carbonyl (C=O) groups excluding carboxylic acids is 4. The Morgan fingerprint density at radius 3 is 2.27 bits per heavy atom. The van der Waals surface area contributed by atoms with Gasteiger partial charge in [-0.2, -0.15) is 0 Å². The van der Waals surface area contributed by atoms with Gasteiger partial charge in [-0.15, -0.1) is 0 Å². The average Bonchev–Trinajstić information content (AvgIpc) is 3.08. The van der Waals surface area contributed by atoms with E-state index >= 15 is 0 Å². The van der Waals surface area contributed by atoms with Gasteiger partial charge in [-0.05, 0) is 53.4 Å². The predicted molar refractivity (Wildman–Crippen MR) is 169 cm³/mol. The van der Waals surface area contributed by atoms with Crippen LogP contribution in [0, 0.1) is 5.92 Å². The molecule has 0 radical (unpaired) electrons. The van der Waals surface area contributed by atoms with Crippen LogP contribution in [-0.4, -0.2) is 34.8 Å². The number of nitrogens with zero attached hydrogens (tertiary/aromatic N) is 1. The second-order valence-electron chi connectivity index (χ2n) is 10.3. The quantitative estimate of drug-likeness (QED) is 0.162. The van der Waals surface area contributed by atoms with Crippen LogP contribution in [-0.2, 0) is 22.6 Å². The molecule has 5 N–H and O–H groups in total. The minimum absolute atomic E-state index is 0.00787. The van der Waals surface area contributed by atoms with Crippen LogP contribution >= 0.6 is 0 Å². The summed E-state index contributed by atoms with van der Waals surface area (Å²) in [5.41, 5.74) is 12.7. The van der Waals surface area contributed by atoms with E-state index in [-0.39, 0.29) is 12.3 Å². The molecule has 0 spiro atoms. The third kappa shape index (κ3) is 9.92. The fourth-order valence-corrected chi connectivity index (χ4v) is 4.35. The molecule has 1 aromatic heterocycles. The lowest BCUT2D eigenvalue weighted by Gasteiger charge is -2.23. The molecule has 0 aliphatic carbocycles. The number of rotatable bonds is 11. The molecule has 5 amide bonds. The minimum atomic E-state index is -0.947. The van der Waals surface area contributed by atoms with Crippen molar-refractivity contribution in [3.05, 3.63) is 120 Å². The lowest BCUT2D eigenvalue weighted by Crippen LogP contribution is -2.58. The molecule has 0 saturated carbocycles. The maximum atomic E-state index is 13.1. The Kier molecular flexibility index (Phi) is 11.6. The first kappa shape index (κ1) is 32.2. The van der Waals surface area contributed by atoms with Gasteiger partial charge >= 0.3 is 6.03 Å². The van der Waals surface area contributed by atoms with Gasteiger partial charge in [0.05, 0.1) is 12.1 Å². The van der Waals surface area contributed by atoms with Crippen molar-refractivity contribution in [1.29, 1.82) is 0 Å². The van der Waals surface area contributed by atoms with Gasteiger partial charge in [-0.25, -0.2) is 15.6 Å². The molecule has 3 aromatic carbocycles. The van der Waals surface area contributed by atoms with Crippen LogP contribution in [0.25, 0.3) is 11.3 Å². The van der Waals surface area contributed by atoms with E-state index in [4.69, 9.17) is 4.74 Å². The second kappa shape index (κ2) is 16.2. The molecule has 1 heterocycles. The molecule has 4 rings (SSSR count). The van der Waals surface area contributed by atoms with Gasteiger partial charge in [-0.3, -0.25) is 30.2 Å². The van der Waals surface area contributed by atoms with Gasteiger partial charge in [0.2, 0.25) is 5.91 Å². The Hall–Kier alpha value is -5.71. The molecule has 11 nitrogen and oxygen atoms in total. The highest BCUT2D eigenvalue weighted by atomic mass is 16.5. The molecule has 11 heteroatoms. The standard InChI is InChI=1S/C34H36N6O5/c1-3-23(2)31(36-32(42)27-15-10-16-28(21-27)45-22-24-11-5-4-6-12-24)33(43)38-40-34(44)39-37-30(41)20-25-13-9-14-26(19-25)29-17-7-8-18-35-29/h4-19,21,23,31H,3,20,22H2,1-2H3,(H,36,42)(H,37,41)(H,38,43)(H2,39,40,44). The zero-order valence-corrected chi connectivity index (χ0v) is 25.1. The molecule has 0 aliphatic heterocycles. The number of hydrogen-bond donors (Lipinski definition) is 5. The van der Waals surface area contributed by atoms with Crippen LogP contribution in [0.3, 0.4) is 0 Å². The van der Waals surface area contributed by atoms with Crippen molar-refractivity contribution in [2.75, 3.05) is 0 Å². The van der Waals surface area contributed by atoms with Crippen molar-refractivity contribution in [1.82, 2.24) is 32.0 Å². The van der Waals surface area contributed by atoms with Crippen LogP contribution in [0.4, 0.5) is 4.79 Å². The van der Waals surface area contributed by atoms with Crippen molar-refractivity contribution in [3.63, 3.8) is 0 Å². The number of hydrazine groups is 2.